The molecule has 0 radical (unpaired) electrons. The summed E-state index contributed by atoms with van der Waals surface area (Å²) < 4.78 is 6.18. The van der Waals surface area contributed by atoms with Crippen molar-refractivity contribution in [2.75, 3.05) is 0 Å². The van der Waals surface area contributed by atoms with Crippen molar-refractivity contribution in [2.45, 2.75) is 46.1 Å². The highest BCUT2D eigenvalue weighted by atomic mass is 16.5. The lowest BCUT2D eigenvalue weighted by atomic mass is 9.70. The maximum absolute atomic E-state index is 8.74. The number of hydrogen-bond acceptors (Lipinski definition) is 4. The molecule has 5 nitrogen and oxygen atoms in total. The Hall–Kier alpha value is -1.78. The van der Waals surface area contributed by atoms with Crippen LogP contribution in [-0.2, 0) is 0 Å². The van der Waals surface area contributed by atoms with Crippen LogP contribution in [-0.4, -0.2) is 22.1 Å². The highest BCUT2D eigenvalue weighted by Gasteiger charge is 2.62. The largest absolute Gasteiger partial charge is 0.474 e. The van der Waals surface area contributed by atoms with Crippen LogP contribution in [0.2, 0.25) is 0 Å². The topological polar surface area (TPSA) is 80.7 Å². The summed E-state index contributed by atoms with van der Waals surface area (Å²) in [5.74, 6) is 1.27. The van der Waals surface area contributed by atoms with E-state index in [1.54, 1.807) is 6.07 Å². The van der Waals surface area contributed by atoms with Crippen LogP contribution in [0.1, 0.15) is 45.7 Å². The minimum atomic E-state index is -0.0000609. The summed E-state index contributed by atoms with van der Waals surface area (Å²) in [4.78, 5) is 4.33. The van der Waals surface area contributed by atoms with E-state index in [0.29, 0.717) is 17.0 Å². The Balaban J connectivity index is 1.83. The summed E-state index contributed by atoms with van der Waals surface area (Å²) in [5.41, 5.74) is 6.51. The van der Waals surface area contributed by atoms with Crippen molar-refractivity contribution < 1.29 is 9.94 Å². The number of fused-ring (bicyclic) bond motifs is 2. The van der Waals surface area contributed by atoms with E-state index in [9.17, 15) is 0 Å². The Kier molecular flexibility index (Phi) is 3.11. The van der Waals surface area contributed by atoms with Crippen LogP contribution < -0.4 is 10.5 Å². The average molecular weight is 289 g/mol. The molecule has 0 aromatic carbocycles. The van der Waals surface area contributed by atoms with Crippen molar-refractivity contribution in [3.63, 3.8) is 0 Å². The van der Waals surface area contributed by atoms with Gasteiger partial charge in [-0.05, 0) is 36.7 Å². The van der Waals surface area contributed by atoms with Crippen LogP contribution in [0.25, 0.3) is 0 Å². The maximum atomic E-state index is 8.74. The van der Waals surface area contributed by atoms with Crippen LogP contribution >= 0.6 is 0 Å². The van der Waals surface area contributed by atoms with Crippen LogP contribution in [0.15, 0.2) is 23.4 Å². The third-order valence-electron chi connectivity index (χ3n) is 6.07. The smallest absolute Gasteiger partial charge is 0.214 e. The van der Waals surface area contributed by atoms with Crippen molar-refractivity contribution in [2.24, 2.45) is 27.6 Å². The van der Waals surface area contributed by atoms with Crippen LogP contribution in [0.5, 0.6) is 5.88 Å². The van der Waals surface area contributed by atoms with E-state index in [1.165, 1.54) is 12.8 Å². The van der Waals surface area contributed by atoms with Gasteiger partial charge >= 0.3 is 0 Å². The Bertz CT molecular complexity index is 585. The SMILES string of the molecule is CC1(C)C2CCC1(C)C(Oc1cccc(/C(N)=N/O)n1)C2. The Morgan fingerprint density at radius 3 is 2.76 bits per heavy atom. The van der Waals surface area contributed by atoms with E-state index in [-0.39, 0.29) is 17.4 Å². The first-order valence-corrected chi connectivity index (χ1v) is 7.50. The van der Waals surface area contributed by atoms with Crippen molar-refractivity contribution in [1.82, 2.24) is 4.98 Å². The molecule has 2 aliphatic rings. The van der Waals surface area contributed by atoms with Gasteiger partial charge in [0, 0.05) is 11.5 Å². The number of pyridine rings is 1. The first-order valence-electron chi connectivity index (χ1n) is 7.50. The molecule has 3 N–H and O–H groups in total. The first-order chi connectivity index (χ1) is 9.88. The van der Waals surface area contributed by atoms with Gasteiger partial charge in [0.25, 0.3) is 0 Å². The summed E-state index contributed by atoms with van der Waals surface area (Å²) in [7, 11) is 0. The molecule has 5 heteroatoms. The molecular formula is C16H23N3O2. The quantitative estimate of drug-likeness (QED) is 0.388. The molecule has 1 aromatic rings. The fourth-order valence-corrected chi connectivity index (χ4v) is 4.13. The van der Waals surface area contributed by atoms with E-state index in [0.717, 1.165) is 12.3 Å². The number of ether oxygens (including phenoxy) is 1. The molecule has 1 heterocycles. The van der Waals surface area contributed by atoms with Gasteiger partial charge in [-0.3, -0.25) is 0 Å². The van der Waals surface area contributed by atoms with Gasteiger partial charge in [0.1, 0.15) is 11.8 Å². The average Bonchev–Trinajstić information content (AvgIpc) is 2.80. The van der Waals surface area contributed by atoms with Gasteiger partial charge in [-0.2, -0.15) is 0 Å². The molecule has 3 unspecified atom stereocenters. The number of nitrogens with two attached hydrogens (primary N) is 1. The Morgan fingerprint density at radius 2 is 2.19 bits per heavy atom. The minimum absolute atomic E-state index is 0.0000609. The lowest BCUT2D eigenvalue weighted by Gasteiger charge is -2.38. The summed E-state index contributed by atoms with van der Waals surface area (Å²) in [5, 5.41) is 11.7. The molecule has 114 valence electrons. The maximum Gasteiger partial charge on any atom is 0.214 e. The number of aromatic nitrogens is 1. The van der Waals surface area contributed by atoms with E-state index in [2.05, 4.69) is 30.9 Å². The zero-order valence-electron chi connectivity index (χ0n) is 12.8. The molecule has 3 rings (SSSR count). The molecule has 2 aliphatic carbocycles. The molecule has 1 aromatic heterocycles. The fourth-order valence-electron chi connectivity index (χ4n) is 4.13. The highest BCUT2D eigenvalue weighted by molar-refractivity contribution is 5.95. The summed E-state index contributed by atoms with van der Waals surface area (Å²) in [6.07, 6.45) is 3.76. The zero-order chi connectivity index (χ0) is 15.3. The molecule has 2 bridgehead atoms. The normalized spacial score (nSPS) is 34.1. The van der Waals surface area contributed by atoms with Crippen molar-refractivity contribution in [3.8, 4) is 5.88 Å². The summed E-state index contributed by atoms with van der Waals surface area (Å²) in [6, 6.07) is 5.35. The van der Waals surface area contributed by atoms with Gasteiger partial charge < -0.3 is 15.7 Å². The Morgan fingerprint density at radius 1 is 1.43 bits per heavy atom. The van der Waals surface area contributed by atoms with Crippen LogP contribution in [0.3, 0.4) is 0 Å². The van der Waals surface area contributed by atoms with Crippen molar-refractivity contribution >= 4 is 5.84 Å². The van der Waals surface area contributed by atoms with Gasteiger partial charge in [-0.25, -0.2) is 4.98 Å². The second kappa shape index (κ2) is 4.61. The molecule has 0 saturated heterocycles. The standard InChI is InChI=1S/C16H23N3O2/c1-15(2)10-7-8-16(15,3)12(9-10)21-13-6-4-5-11(18-13)14(17)19-20/h4-6,10,12,20H,7-9H2,1-3H3,(H2,17,19). The third-order valence-corrected chi connectivity index (χ3v) is 6.07. The molecule has 0 aliphatic heterocycles. The minimum Gasteiger partial charge on any atom is -0.474 e. The van der Waals surface area contributed by atoms with Gasteiger partial charge in [0.15, 0.2) is 5.84 Å². The van der Waals surface area contributed by atoms with E-state index in [4.69, 9.17) is 15.7 Å². The predicted octanol–water partition coefficient (Wildman–Crippen LogP) is 2.77. The molecule has 2 fully saturated rings. The first kappa shape index (κ1) is 14.2. The molecule has 0 amide bonds. The second-order valence-electron chi connectivity index (χ2n) is 7.06. The molecular weight excluding hydrogens is 266 g/mol. The fraction of sp³-hybridized carbons (Fsp3) is 0.625. The zero-order valence-corrected chi connectivity index (χ0v) is 12.8. The second-order valence-corrected chi connectivity index (χ2v) is 7.06. The van der Waals surface area contributed by atoms with Gasteiger partial charge in [-0.1, -0.05) is 32.0 Å². The summed E-state index contributed by atoms with van der Waals surface area (Å²) >= 11 is 0. The molecule has 0 spiro atoms. The molecule has 2 saturated carbocycles. The van der Waals surface area contributed by atoms with Gasteiger partial charge in [0.2, 0.25) is 5.88 Å². The highest BCUT2D eigenvalue weighted by Crippen LogP contribution is 2.66. The Labute approximate surface area is 125 Å². The monoisotopic (exact) mass is 289 g/mol. The number of hydrogen-bond donors (Lipinski definition) is 2. The number of nitrogens with zero attached hydrogens (tertiary/aromatic N) is 2. The van der Waals surface area contributed by atoms with Crippen LogP contribution in [0.4, 0.5) is 0 Å². The number of rotatable bonds is 3. The number of amidine groups is 1. The molecule has 21 heavy (non-hydrogen) atoms. The number of oxime groups is 1. The van der Waals surface area contributed by atoms with Crippen molar-refractivity contribution in [1.29, 1.82) is 0 Å². The molecule has 3 atom stereocenters. The lowest BCUT2D eigenvalue weighted by molar-refractivity contribution is 0.0273. The lowest BCUT2D eigenvalue weighted by Crippen LogP contribution is -2.39. The van der Waals surface area contributed by atoms with E-state index in [1.807, 2.05) is 12.1 Å². The van der Waals surface area contributed by atoms with Gasteiger partial charge in [0.05, 0.1) is 0 Å². The predicted molar refractivity (Wildman–Crippen MR) is 80.4 cm³/mol. The van der Waals surface area contributed by atoms with E-state index >= 15 is 0 Å². The third kappa shape index (κ3) is 1.98. The van der Waals surface area contributed by atoms with E-state index < -0.39 is 0 Å². The summed E-state index contributed by atoms with van der Waals surface area (Å²) in [6.45, 7) is 7.04. The van der Waals surface area contributed by atoms with Gasteiger partial charge in [-0.15, -0.1) is 0 Å². The van der Waals surface area contributed by atoms with Crippen molar-refractivity contribution in [3.05, 3.63) is 23.9 Å². The van der Waals surface area contributed by atoms with Crippen LogP contribution in [0, 0.1) is 16.7 Å².